The summed E-state index contributed by atoms with van der Waals surface area (Å²) < 4.78 is 7.31. The molecule has 0 bridgehead atoms. The first-order chi connectivity index (χ1) is 11.2. The zero-order chi connectivity index (χ0) is 16.2. The standard InChI is InChI=1S/C17H22N4O2/c1-20-11-14(23-2)9-16(20)17(22)19-10-13-5-3-4-6-15(13)21-8-7-18-12-21/h3-8,12,14,16H,9-11H2,1-2H3,(H,19,22)/t14-,16-/m0/s1. The zero-order valence-electron chi connectivity index (χ0n) is 13.5. The van der Waals surface area contributed by atoms with Gasteiger partial charge >= 0.3 is 0 Å². The molecule has 0 spiro atoms. The predicted molar refractivity (Wildman–Crippen MR) is 87.2 cm³/mol. The van der Waals surface area contributed by atoms with Crippen molar-refractivity contribution < 1.29 is 9.53 Å². The van der Waals surface area contributed by atoms with Gasteiger partial charge < -0.3 is 14.6 Å². The van der Waals surface area contributed by atoms with E-state index in [0.717, 1.165) is 24.2 Å². The first-order valence-electron chi connectivity index (χ1n) is 7.76. The van der Waals surface area contributed by atoms with Gasteiger partial charge in [0.25, 0.3) is 0 Å². The van der Waals surface area contributed by atoms with Gasteiger partial charge in [0, 0.05) is 32.6 Å². The number of rotatable bonds is 5. The molecule has 1 aliphatic heterocycles. The van der Waals surface area contributed by atoms with Gasteiger partial charge in [0.05, 0.1) is 24.2 Å². The summed E-state index contributed by atoms with van der Waals surface area (Å²) in [6.45, 7) is 1.29. The fourth-order valence-corrected chi connectivity index (χ4v) is 3.04. The lowest BCUT2D eigenvalue weighted by Crippen LogP contribution is -2.41. The molecule has 6 heteroatoms. The second kappa shape index (κ2) is 6.93. The Labute approximate surface area is 136 Å². The van der Waals surface area contributed by atoms with Crippen molar-refractivity contribution in [2.75, 3.05) is 20.7 Å². The van der Waals surface area contributed by atoms with Gasteiger partial charge in [-0.25, -0.2) is 4.98 Å². The van der Waals surface area contributed by atoms with Crippen LogP contribution in [0.4, 0.5) is 0 Å². The fourth-order valence-electron chi connectivity index (χ4n) is 3.04. The number of carbonyl (C=O) groups excluding carboxylic acids is 1. The van der Waals surface area contributed by atoms with E-state index in [2.05, 4.69) is 10.3 Å². The molecule has 0 aliphatic carbocycles. The minimum absolute atomic E-state index is 0.0486. The number of hydrogen-bond donors (Lipinski definition) is 1. The molecule has 1 N–H and O–H groups in total. The van der Waals surface area contributed by atoms with Crippen LogP contribution in [0, 0.1) is 0 Å². The lowest BCUT2D eigenvalue weighted by atomic mass is 10.1. The van der Waals surface area contributed by atoms with E-state index in [-0.39, 0.29) is 18.1 Å². The molecule has 2 aromatic rings. The van der Waals surface area contributed by atoms with Gasteiger partial charge in [0.1, 0.15) is 0 Å². The Kier molecular flexibility index (Phi) is 4.73. The Morgan fingerprint density at radius 1 is 1.43 bits per heavy atom. The van der Waals surface area contributed by atoms with E-state index in [1.54, 1.807) is 19.6 Å². The molecular weight excluding hydrogens is 292 g/mol. The van der Waals surface area contributed by atoms with Crippen molar-refractivity contribution in [1.29, 1.82) is 0 Å². The van der Waals surface area contributed by atoms with Crippen molar-refractivity contribution >= 4 is 5.91 Å². The third kappa shape index (κ3) is 3.43. The summed E-state index contributed by atoms with van der Waals surface area (Å²) in [4.78, 5) is 18.6. The number of likely N-dealkylation sites (tertiary alicyclic amines) is 1. The molecule has 0 radical (unpaired) electrons. The van der Waals surface area contributed by atoms with E-state index < -0.39 is 0 Å². The number of para-hydroxylation sites is 1. The highest BCUT2D eigenvalue weighted by atomic mass is 16.5. The second-order valence-corrected chi connectivity index (χ2v) is 5.87. The van der Waals surface area contributed by atoms with Crippen molar-refractivity contribution in [1.82, 2.24) is 19.8 Å². The molecule has 1 aromatic carbocycles. The molecule has 0 unspecified atom stereocenters. The van der Waals surface area contributed by atoms with Crippen LogP contribution in [0.3, 0.4) is 0 Å². The predicted octanol–water partition coefficient (Wildman–Crippen LogP) is 1.21. The Bertz CT molecular complexity index is 656. The van der Waals surface area contributed by atoms with E-state index in [9.17, 15) is 4.79 Å². The molecule has 6 nitrogen and oxygen atoms in total. The Morgan fingerprint density at radius 2 is 2.26 bits per heavy atom. The quantitative estimate of drug-likeness (QED) is 0.901. The average molecular weight is 314 g/mol. The monoisotopic (exact) mass is 314 g/mol. The maximum Gasteiger partial charge on any atom is 0.237 e. The summed E-state index contributed by atoms with van der Waals surface area (Å²) in [5.74, 6) is 0.0486. The normalized spacial score (nSPS) is 21.5. The second-order valence-electron chi connectivity index (χ2n) is 5.87. The zero-order valence-corrected chi connectivity index (χ0v) is 13.5. The highest BCUT2D eigenvalue weighted by Gasteiger charge is 2.34. The number of amides is 1. The van der Waals surface area contributed by atoms with Crippen LogP contribution in [-0.2, 0) is 16.1 Å². The number of likely N-dealkylation sites (N-methyl/N-ethyl adjacent to an activating group) is 1. The summed E-state index contributed by atoms with van der Waals surface area (Å²) in [6.07, 6.45) is 6.27. The Balaban J connectivity index is 1.66. The number of nitrogens with zero attached hydrogens (tertiary/aromatic N) is 3. The number of imidazole rings is 1. The molecule has 1 aliphatic rings. The number of carbonyl (C=O) groups is 1. The molecule has 2 atom stereocenters. The van der Waals surface area contributed by atoms with E-state index in [1.165, 1.54) is 0 Å². The van der Waals surface area contributed by atoms with Gasteiger partial charge in [-0.1, -0.05) is 18.2 Å². The van der Waals surface area contributed by atoms with Gasteiger partial charge in [0.15, 0.2) is 0 Å². The van der Waals surface area contributed by atoms with Crippen LogP contribution >= 0.6 is 0 Å². The van der Waals surface area contributed by atoms with Crippen molar-refractivity contribution in [3.8, 4) is 5.69 Å². The highest BCUT2D eigenvalue weighted by molar-refractivity contribution is 5.82. The average Bonchev–Trinajstić information content (AvgIpc) is 3.22. The van der Waals surface area contributed by atoms with Crippen molar-refractivity contribution in [3.63, 3.8) is 0 Å². The minimum atomic E-state index is -0.125. The SMILES string of the molecule is CO[C@H]1C[C@@H](C(=O)NCc2ccccc2-n2ccnc2)N(C)C1. The van der Waals surface area contributed by atoms with Gasteiger partial charge in [-0.3, -0.25) is 9.69 Å². The van der Waals surface area contributed by atoms with Gasteiger partial charge in [-0.2, -0.15) is 0 Å². The van der Waals surface area contributed by atoms with E-state index in [4.69, 9.17) is 4.74 Å². The number of aromatic nitrogens is 2. The molecule has 23 heavy (non-hydrogen) atoms. The van der Waals surface area contributed by atoms with E-state index in [0.29, 0.717) is 6.54 Å². The van der Waals surface area contributed by atoms with Gasteiger partial charge in [0.2, 0.25) is 5.91 Å². The summed E-state index contributed by atoms with van der Waals surface area (Å²) in [5, 5.41) is 3.05. The largest absolute Gasteiger partial charge is 0.380 e. The number of nitrogens with one attached hydrogen (secondary N) is 1. The third-order valence-electron chi connectivity index (χ3n) is 4.37. The lowest BCUT2D eigenvalue weighted by Gasteiger charge is -2.19. The number of ether oxygens (including phenoxy) is 1. The fraction of sp³-hybridized carbons (Fsp3) is 0.412. The maximum absolute atomic E-state index is 12.5. The van der Waals surface area contributed by atoms with Crippen molar-refractivity contribution in [2.24, 2.45) is 0 Å². The first kappa shape index (κ1) is 15.7. The van der Waals surface area contributed by atoms with Crippen LogP contribution in [0.1, 0.15) is 12.0 Å². The molecule has 3 rings (SSSR count). The molecule has 122 valence electrons. The van der Waals surface area contributed by atoms with Crippen LogP contribution in [0.5, 0.6) is 0 Å². The highest BCUT2D eigenvalue weighted by Crippen LogP contribution is 2.19. The number of hydrogen-bond acceptors (Lipinski definition) is 4. The van der Waals surface area contributed by atoms with E-state index >= 15 is 0 Å². The smallest absolute Gasteiger partial charge is 0.237 e. The van der Waals surface area contributed by atoms with Crippen molar-refractivity contribution in [2.45, 2.75) is 25.1 Å². The molecule has 1 saturated heterocycles. The van der Waals surface area contributed by atoms with Crippen molar-refractivity contribution in [3.05, 3.63) is 48.5 Å². The van der Waals surface area contributed by atoms with Crippen LogP contribution in [-0.4, -0.2) is 53.2 Å². The molecule has 1 fully saturated rings. The maximum atomic E-state index is 12.5. The summed E-state index contributed by atoms with van der Waals surface area (Å²) >= 11 is 0. The summed E-state index contributed by atoms with van der Waals surface area (Å²) in [7, 11) is 3.66. The van der Waals surface area contributed by atoms with Crippen LogP contribution in [0.2, 0.25) is 0 Å². The molecule has 2 heterocycles. The van der Waals surface area contributed by atoms with Crippen LogP contribution in [0.15, 0.2) is 43.0 Å². The minimum Gasteiger partial charge on any atom is -0.380 e. The Morgan fingerprint density at radius 3 is 2.96 bits per heavy atom. The lowest BCUT2D eigenvalue weighted by molar-refractivity contribution is -0.125. The number of methoxy groups -OCH3 is 1. The van der Waals surface area contributed by atoms with E-state index in [1.807, 2.05) is 47.0 Å². The molecule has 1 amide bonds. The van der Waals surface area contributed by atoms with Crippen LogP contribution < -0.4 is 5.32 Å². The molecule has 1 aromatic heterocycles. The van der Waals surface area contributed by atoms with Crippen LogP contribution in [0.25, 0.3) is 5.69 Å². The first-order valence-corrected chi connectivity index (χ1v) is 7.76. The molecular formula is C17H22N4O2. The number of benzene rings is 1. The molecule has 0 saturated carbocycles. The Hall–Kier alpha value is -2.18. The topological polar surface area (TPSA) is 59.4 Å². The van der Waals surface area contributed by atoms with Gasteiger partial charge in [-0.15, -0.1) is 0 Å². The van der Waals surface area contributed by atoms with Gasteiger partial charge in [-0.05, 0) is 25.1 Å². The summed E-state index contributed by atoms with van der Waals surface area (Å²) in [5.41, 5.74) is 2.09. The summed E-state index contributed by atoms with van der Waals surface area (Å²) in [6, 6.07) is 7.87. The third-order valence-corrected chi connectivity index (χ3v) is 4.37.